The van der Waals surface area contributed by atoms with Crippen LogP contribution in [0.4, 0.5) is 0 Å². The molecule has 10 heteroatoms. The fourth-order valence-electron chi connectivity index (χ4n) is 6.85. The highest BCUT2D eigenvalue weighted by Gasteiger charge is 2.81. The minimum atomic E-state index is -2.32. The van der Waals surface area contributed by atoms with E-state index in [-0.39, 0.29) is 6.42 Å². The quantitative estimate of drug-likeness (QED) is 0.309. The Labute approximate surface area is 199 Å². The van der Waals surface area contributed by atoms with Gasteiger partial charge < -0.3 is 35.3 Å². The lowest BCUT2D eigenvalue weighted by Crippen LogP contribution is -2.86. The average Bonchev–Trinajstić information content (AvgIpc) is 2.75. The molecule has 0 bridgehead atoms. The van der Waals surface area contributed by atoms with E-state index in [9.17, 15) is 29.7 Å². The van der Waals surface area contributed by atoms with Gasteiger partial charge in [0.2, 0.25) is 0 Å². The van der Waals surface area contributed by atoms with Gasteiger partial charge in [-0.15, -0.1) is 6.58 Å². The number of aliphatic hydroxyl groups excluding tert-OH is 2. The molecular weight excluding hydrogens is 446 g/mol. The van der Waals surface area contributed by atoms with Crippen LogP contribution in [0.2, 0.25) is 0 Å². The number of aliphatic hydroxyl groups is 3. The van der Waals surface area contributed by atoms with Gasteiger partial charge in [-0.3, -0.25) is 9.59 Å². The predicted octanol–water partition coefficient (Wildman–Crippen LogP) is 0.00190. The fourth-order valence-corrected chi connectivity index (χ4v) is 6.85. The minimum absolute atomic E-state index is 0.219. The number of Topliss-reactive ketones (excluding diaryl/α,β-unsaturated/α-hetero) is 1. The van der Waals surface area contributed by atoms with Crippen LogP contribution >= 0.6 is 0 Å². The van der Waals surface area contributed by atoms with Crippen molar-refractivity contribution in [3.63, 3.8) is 0 Å². The molecule has 0 spiro atoms. The number of ketones is 1. The van der Waals surface area contributed by atoms with Crippen molar-refractivity contribution in [3.05, 3.63) is 12.7 Å². The predicted molar refractivity (Wildman–Crippen MR) is 119 cm³/mol. The number of carbonyl (C=O) groups is 3. The first-order valence-electron chi connectivity index (χ1n) is 11.5. The van der Waals surface area contributed by atoms with Crippen molar-refractivity contribution in [2.75, 3.05) is 13.2 Å². The second-order valence-electron chi connectivity index (χ2n) is 11.1. The standard InChI is InChI=1S/C24H37NO9/c1-7-21(4)10-14(27)24(31)22(5)13(26)8-9-20(2,3)18(22)17(30)19(23(24,6)34-21)33-16(29)12-32-15(28)11-25/h7,13,17-19,26,30-31H,1,8-12,25H2,2-6H3/t13-,17-,18-,19-,21-,22-,23+,24-/m0/s1. The first-order chi connectivity index (χ1) is 15.5. The molecule has 0 aromatic carbocycles. The van der Waals surface area contributed by atoms with E-state index in [1.165, 1.54) is 13.0 Å². The fraction of sp³-hybridized carbons (Fsp3) is 0.792. The highest BCUT2D eigenvalue weighted by Crippen LogP contribution is 2.67. The number of nitrogens with two attached hydrogens (primary N) is 1. The van der Waals surface area contributed by atoms with E-state index in [0.717, 1.165) is 0 Å². The van der Waals surface area contributed by atoms with E-state index in [4.69, 9.17) is 19.9 Å². The molecule has 1 saturated heterocycles. The van der Waals surface area contributed by atoms with Crippen LogP contribution in [0.15, 0.2) is 12.7 Å². The van der Waals surface area contributed by atoms with Gasteiger partial charge in [-0.1, -0.05) is 26.8 Å². The Morgan fingerprint density at radius 1 is 1.21 bits per heavy atom. The molecule has 0 unspecified atom stereocenters. The summed E-state index contributed by atoms with van der Waals surface area (Å²) >= 11 is 0. The Morgan fingerprint density at radius 2 is 1.82 bits per heavy atom. The summed E-state index contributed by atoms with van der Waals surface area (Å²) in [6.07, 6.45) is -2.07. The molecular formula is C24H37NO9. The highest BCUT2D eigenvalue weighted by molar-refractivity contribution is 5.92. The molecule has 1 heterocycles. The summed E-state index contributed by atoms with van der Waals surface area (Å²) in [7, 11) is 0. The largest absolute Gasteiger partial charge is 0.454 e. The van der Waals surface area contributed by atoms with Crippen molar-refractivity contribution < 1.29 is 43.9 Å². The van der Waals surface area contributed by atoms with Gasteiger partial charge in [0, 0.05) is 17.8 Å². The molecule has 8 atom stereocenters. The lowest BCUT2D eigenvalue weighted by molar-refractivity contribution is -0.370. The third kappa shape index (κ3) is 3.53. The van der Waals surface area contributed by atoms with Crippen molar-refractivity contribution in [2.45, 2.75) is 89.0 Å². The minimum Gasteiger partial charge on any atom is -0.454 e. The van der Waals surface area contributed by atoms with Crippen LogP contribution < -0.4 is 5.73 Å². The van der Waals surface area contributed by atoms with Crippen LogP contribution in [0.5, 0.6) is 0 Å². The Kier molecular flexibility index (Phi) is 6.59. The number of esters is 2. The first kappa shape index (κ1) is 26.7. The molecule has 3 fully saturated rings. The van der Waals surface area contributed by atoms with Crippen LogP contribution in [-0.4, -0.2) is 81.3 Å². The van der Waals surface area contributed by atoms with Crippen LogP contribution in [0.1, 0.15) is 53.9 Å². The Morgan fingerprint density at radius 3 is 2.38 bits per heavy atom. The SMILES string of the molecule is C=C[C@@]1(C)CC(=O)[C@]2(O)[C@@]3(C)[C@@H](O)CCC(C)(C)[C@@H]3[C@H](O)[C@H](OC(=O)COC(=O)CN)[C@@]2(C)O1. The molecule has 0 radical (unpaired) electrons. The van der Waals surface area contributed by atoms with E-state index >= 15 is 0 Å². The Balaban J connectivity index is 2.17. The number of rotatable bonds is 5. The van der Waals surface area contributed by atoms with Gasteiger partial charge in [0.25, 0.3) is 0 Å². The molecule has 5 N–H and O–H groups in total. The molecule has 2 aliphatic carbocycles. The highest BCUT2D eigenvalue weighted by atomic mass is 16.6. The van der Waals surface area contributed by atoms with Crippen molar-refractivity contribution in [1.82, 2.24) is 0 Å². The van der Waals surface area contributed by atoms with Gasteiger partial charge in [-0.25, -0.2) is 4.79 Å². The van der Waals surface area contributed by atoms with Crippen LogP contribution in [-0.2, 0) is 28.6 Å². The number of ether oxygens (including phenoxy) is 3. The molecule has 0 amide bonds. The molecule has 34 heavy (non-hydrogen) atoms. The van der Waals surface area contributed by atoms with Crippen LogP contribution in [0.25, 0.3) is 0 Å². The third-order valence-corrected chi connectivity index (χ3v) is 8.50. The number of hydrogen-bond donors (Lipinski definition) is 4. The number of hydrogen-bond acceptors (Lipinski definition) is 10. The monoisotopic (exact) mass is 483 g/mol. The first-order valence-corrected chi connectivity index (χ1v) is 11.5. The maximum absolute atomic E-state index is 13.7. The molecule has 3 rings (SSSR count). The summed E-state index contributed by atoms with van der Waals surface area (Å²) in [4.78, 5) is 37.8. The van der Waals surface area contributed by atoms with Crippen LogP contribution in [0.3, 0.4) is 0 Å². The lowest BCUT2D eigenvalue weighted by Gasteiger charge is -2.71. The molecule has 0 aromatic heterocycles. The summed E-state index contributed by atoms with van der Waals surface area (Å²) in [5.41, 5.74) is -2.47. The van der Waals surface area contributed by atoms with Crippen molar-refractivity contribution in [2.24, 2.45) is 22.5 Å². The van der Waals surface area contributed by atoms with E-state index < -0.39 is 82.7 Å². The summed E-state index contributed by atoms with van der Waals surface area (Å²) in [6, 6.07) is 0. The lowest BCUT2D eigenvalue weighted by atomic mass is 9.40. The number of fused-ring (bicyclic) bond motifs is 3. The van der Waals surface area contributed by atoms with Gasteiger partial charge in [-0.2, -0.15) is 0 Å². The maximum Gasteiger partial charge on any atom is 0.344 e. The normalized spacial score (nSPS) is 45.5. The van der Waals surface area contributed by atoms with E-state index in [0.29, 0.717) is 12.8 Å². The Hall–Kier alpha value is -1.85. The van der Waals surface area contributed by atoms with Gasteiger partial charge >= 0.3 is 11.9 Å². The molecule has 2 saturated carbocycles. The van der Waals surface area contributed by atoms with Gasteiger partial charge in [0.1, 0.15) is 5.60 Å². The van der Waals surface area contributed by atoms with Crippen LogP contribution in [0, 0.1) is 16.7 Å². The zero-order chi connectivity index (χ0) is 25.9. The molecule has 10 nitrogen and oxygen atoms in total. The van der Waals surface area contributed by atoms with Gasteiger partial charge in [0.15, 0.2) is 24.1 Å². The van der Waals surface area contributed by atoms with E-state index in [1.807, 2.05) is 13.8 Å². The summed E-state index contributed by atoms with van der Waals surface area (Å²) < 4.78 is 16.6. The van der Waals surface area contributed by atoms with E-state index in [1.54, 1.807) is 13.8 Å². The van der Waals surface area contributed by atoms with Crippen molar-refractivity contribution in [3.8, 4) is 0 Å². The van der Waals surface area contributed by atoms with E-state index in [2.05, 4.69) is 6.58 Å². The molecule has 1 aliphatic heterocycles. The molecule has 3 aliphatic rings. The summed E-state index contributed by atoms with van der Waals surface area (Å²) in [5, 5.41) is 35.1. The smallest absolute Gasteiger partial charge is 0.344 e. The second-order valence-corrected chi connectivity index (χ2v) is 11.1. The zero-order valence-corrected chi connectivity index (χ0v) is 20.5. The second kappa shape index (κ2) is 8.37. The molecule has 192 valence electrons. The summed E-state index contributed by atoms with van der Waals surface area (Å²) in [6.45, 7) is 10.9. The maximum atomic E-state index is 13.7. The Bertz CT molecular complexity index is 890. The number of carbonyl (C=O) groups excluding carboxylic acids is 3. The van der Waals surface area contributed by atoms with Gasteiger partial charge in [-0.05, 0) is 32.1 Å². The topological polar surface area (TPSA) is 166 Å². The van der Waals surface area contributed by atoms with Crippen molar-refractivity contribution >= 4 is 17.7 Å². The third-order valence-electron chi connectivity index (χ3n) is 8.50. The van der Waals surface area contributed by atoms with Gasteiger partial charge in [0.05, 0.1) is 24.4 Å². The summed E-state index contributed by atoms with van der Waals surface area (Å²) in [5.74, 6) is -3.27. The molecule has 0 aromatic rings. The van der Waals surface area contributed by atoms with Crippen molar-refractivity contribution in [1.29, 1.82) is 0 Å². The average molecular weight is 484 g/mol. The zero-order valence-electron chi connectivity index (χ0n) is 20.5.